The number of hydrogen-bond acceptors (Lipinski definition) is 6. The van der Waals surface area contributed by atoms with Gasteiger partial charge in [-0.1, -0.05) is 12.1 Å². The Kier molecular flexibility index (Phi) is 6.01. The molecule has 9 heteroatoms. The number of hydrogen-bond donors (Lipinski definition) is 2. The van der Waals surface area contributed by atoms with Crippen LogP contribution in [-0.2, 0) is 9.53 Å². The van der Waals surface area contributed by atoms with Crippen molar-refractivity contribution in [3.8, 4) is 17.0 Å². The molecule has 0 spiro atoms. The van der Waals surface area contributed by atoms with Crippen molar-refractivity contribution < 1.29 is 14.6 Å². The minimum Gasteiger partial charge on any atom is -0.507 e. The van der Waals surface area contributed by atoms with E-state index < -0.39 is 0 Å². The number of halogens is 1. The van der Waals surface area contributed by atoms with Gasteiger partial charge in [-0.3, -0.25) is 4.79 Å². The predicted molar refractivity (Wildman–Crippen MR) is 125 cm³/mol. The van der Waals surface area contributed by atoms with E-state index in [4.69, 9.17) is 4.74 Å². The molecule has 32 heavy (non-hydrogen) atoms. The number of aromatic nitrogens is 3. The van der Waals surface area contributed by atoms with Crippen molar-refractivity contribution in [2.45, 2.75) is 19.3 Å². The maximum absolute atomic E-state index is 12.8. The Balaban J connectivity index is 1.35. The number of para-hydroxylation sites is 1. The van der Waals surface area contributed by atoms with Crippen LogP contribution < -0.4 is 5.32 Å². The summed E-state index contributed by atoms with van der Waals surface area (Å²) >= 11 is 3.52. The summed E-state index contributed by atoms with van der Waals surface area (Å²) in [6.07, 6.45) is 4.62. The molecule has 4 heterocycles. The zero-order valence-corrected chi connectivity index (χ0v) is 19.3. The second-order valence-electron chi connectivity index (χ2n) is 8.51. The van der Waals surface area contributed by atoms with E-state index in [0.29, 0.717) is 36.0 Å². The Morgan fingerprint density at radius 3 is 3.00 bits per heavy atom. The molecule has 3 aromatic rings. The highest BCUT2D eigenvalue weighted by atomic mass is 79.9. The van der Waals surface area contributed by atoms with Crippen molar-refractivity contribution in [3.05, 3.63) is 41.0 Å². The standard InChI is InChI=1S/C23H26BrN5O3/c24-18-12-26-29-21(10-19(27-22(18)29)17-5-1-2-6-20(17)30)25-11-15-4-3-8-28(13-15)23(31)16-7-9-32-14-16/h1-2,5-6,10,12,15-16,25,30H,3-4,7-9,11,13-14H2. The molecule has 2 aromatic heterocycles. The van der Waals surface area contributed by atoms with E-state index in [2.05, 4.69) is 31.3 Å². The van der Waals surface area contributed by atoms with Crippen LogP contribution in [0.2, 0.25) is 0 Å². The highest BCUT2D eigenvalue weighted by Crippen LogP contribution is 2.31. The van der Waals surface area contributed by atoms with Crippen LogP contribution in [0.4, 0.5) is 5.82 Å². The van der Waals surface area contributed by atoms with Crippen molar-refractivity contribution >= 4 is 33.3 Å². The van der Waals surface area contributed by atoms with Gasteiger partial charge in [0, 0.05) is 37.9 Å². The van der Waals surface area contributed by atoms with E-state index in [1.165, 1.54) is 0 Å². The molecule has 2 saturated heterocycles. The summed E-state index contributed by atoms with van der Waals surface area (Å²) in [5, 5.41) is 18.3. The minimum absolute atomic E-state index is 0.0177. The smallest absolute Gasteiger partial charge is 0.228 e. The molecule has 2 atom stereocenters. The number of carbonyl (C=O) groups is 1. The third-order valence-electron chi connectivity index (χ3n) is 6.29. The molecule has 1 aromatic carbocycles. The van der Waals surface area contributed by atoms with Gasteiger partial charge in [-0.2, -0.15) is 9.61 Å². The molecule has 2 fully saturated rings. The van der Waals surface area contributed by atoms with Gasteiger partial charge in [0.15, 0.2) is 5.65 Å². The molecule has 168 valence electrons. The van der Waals surface area contributed by atoms with Gasteiger partial charge in [0.1, 0.15) is 11.6 Å². The fourth-order valence-corrected chi connectivity index (χ4v) is 4.91. The monoisotopic (exact) mass is 499 g/mol. The summed E-state index contributed by atoms with van der Waals surface area (Å²) in [5.74, 6) is 1.58. The summed E-state index contributed by atoms with van der Waals surface area (Å²) in [4.78, 5) is 19.5. The molecule has 2 unspecified atom stereocenters. The van der Waals surface area contributed by atoms with Gasteiger partial charge in [-0.15, -0.1) is 0 Å². The van der Waals surface area contributed by atoms with Gasteiger partial charge in [0.2, 0.25) is 5.91 Å². The second kappa shape index (κ2) is 9.07. The Bertz CT molecular complexity index is 1130. The van der Waals surface area contributed by atoms with Crippen LogP contribution in [-0.4, -0.2) is 63.4 Å². The van der Waals surface area contributed by atoms with Gasteiger partial charge in [-0.05, 0) is 53.2 Å². The normalized spacial score (nSPS) is 21.2. The molecule has 8 nitrogen and oxygen atoms in total. The molecular formula is C23H26BrN5O3. The number of amides is 1. The zero-order valence-electron chi connectivity index (χ0n) is 17.7. The SMILES string of the molecule is O=C(C1CCOC1)N1CCCC(CNc2cc(-c3ccccc3O)nc3c(Br)cnn23)C1. The highest BCUT2D eigenvalue weighted by molar-refractivity contribution is 9.10. The van der Waals surface area contributed by atoms with E-state index in [1.54, 1.807) is 22.8 Å². The van der Waals surface area contributed by atoms with Crippen molar-refractivity contribution in [1.82, 2.24) is 19.5 Å². The predicted octanol–water partition coefficient (Wildman–Crippen LogP) is 3.55. The Labute approximate surface area is 194 Å². The number of nitrogens with zero attached hydrogens (tertiary/aromatic N) is 4. The lowest BCUT2D eigenvalue weighted by atomic mass is 9.96. The average molecular weight is 500 g/mol. The molecule has 0 saturated carbocycles. The van der Waals surface area contributed by atoms with Crippen LogP contribution in [0, 0.1) is 11.8 Å². The highest BCUT2D eigenvalue weighted by Gasteiger charge is 2.31. The number of benzene rings is 1. The number of rotatable bonds is 5. The second-order valence-corrected chi connectivity index (χ2v) is 9.36. The molecule has 0 bridgehead atoms. The molecule has 0 aliphatic carbocycles. The van der Waals surface area contributed by atoms with Gasteiger partial charge < -0.3 is 20.1 Å². The average Bonchev–Trinajstić information content (AvgIpc) is 3.48. The topological polar surface area (TPSA) is 92.0 Å². The summed E-state index contributed by atoms with van der Waals surface area (Å²) in [6.45, 7) is 3.55. The fourth-order valence-electron chi connectivity index (χ4n) is 4.56. The number of aromatic hydroxyl groups is 1. The first-order chi connectivity index (χ1) is 15.6. The number of ether oxygens (including phenoxy) is 1. The van der Waals surface area contributed by atoms with E-state index >= 15 is 0 Å². The minimum atomic E-state index is 0.0177. The molecule has 1 amide bonds. The lowest BCUT2D eigenvalue weighted by molar-refractivity contribution is -0.137. The lowest BCUT2D eigenvalue weighted by Gasteiger charge is -2.34. The van der Waals surface area contributed by atoms with Crippen LogP contribution in [0.3, 0.4) is 0 Å². The third-order valence-corrected chi connectivity index (χ3v) is 6.85. The van der Waals surface area contributed by atoms with Crippen LogP contribution >= 0.6 is 15.9 Å². The van der Waals surface area contributed by atoms with Crippen LogP contribution in [0.25, 0.3) is 16.9 Å². The molecule has 2 aliphatic heterocycles. The van der Waals surface area contributed by atoms with Crippen molar-refractivity contribution in [1.29, 1.82) is 0 Å². The summed E-state index contributed by atoms with van der Waals surface area (Å²) in [6, 6.07) is 9.08. The van der Waals surface area contributed by atoms with Gasteiger partial charge in [0.25, 0.3) is 0 Å². The summed E-state index contributed by atoms with van der Waals surface area (Å²) < 4.78 is 7.95. The number of phenolic OH excluding ortho intramolecular Hbond substituents is 1. The van der Waals surface area contributed by atoms with Gasteiger partial charge in [0.05, 0.1) is 28.9 Å². The Morgan fingerprint density at radius 1 is 1.31 bits per heavy atom. The van der Waals surface area contributed by atoms with Crippen LogP contribution in [0.1, 0.15) is 19.3 Å². The number of fused-ring (bicyclic) bond motifs is 1. The Morgan fingerprint density at radius 2 is 2.19 bits per heavy atom. The zero-order chi connectivity index (χ0) is 22.1. The number of piperidine rings is 1. The number of likely N-dealkylation sites (tertiary alicyclic amines) is 1. The molecule has 0 radical (unpaired) electrons. The lowest BCUT2D eigenvalue weighted by Crippen LogP contribution is -2.44. The fraction of sp³-hybridized carbons (Fsp3) is 0.435. The van der Waals surface area contributed by atoms with Gasteiger partial charge >= 0.3 is 0 Å². The first-order valence-corrected chi connectivity index (χ1v) is 11.8. The van der Waals surface area contributed by atoms with E-state index in [-0.39, 0.29) is 17.6 Å². The van der Waals surface area contributed by atoms with Crippen molar-refractivity contribution in [3.63, 3.8) is 0 Å². The van der Waals surface area contributed by atoms with Crippen molar-refractivity contribution in [2.24, 2.45) is 11.8 Å². The first kappa shape index (κ1) is 21.2. The Hall–Kier alpha value is -2.65. The quantitative estimate of drug-likeness (QED) is 0.557. The number of nitrogens with one attached hydrogen (secondary N) is 1. The molecule has 5 rings (SSSR count). The largest absolute Gasteiger partial charge is 0.507 e. The number of anilines is 1. The third kappa shape index (κ3) is 4.19. The van der Waals surface area contributed by atoms with E-state index in [0.717, 1.165) is 49.2 Å². The van der Waals surface area contributed by atoms with Crippen LogP contribution in [0.15, 0.2) is 41.0 Å². The molecule has 2 aliphatic rings. The van der Waals surface area contributed by atoms with Crippen LogP contribution in [0.5, 0.6) is 5.75 Å². The number of carbonyl (C=O) groups excluding carboxylic acids is 1. The van der Waals surface area contributed by atoms with Gasteiger partial charge in [-0.25, -0.2) is 4.98 Å². The van der Waals surface area contributed by atoms with E-state index in [9.17, 15) is 9.90 Å². The molecule has 2 N–H and O–H groups in total. The van der Waals surface area contributed by atoms with Crippen molar-refractivity contribution in [2.75, 3.05) is 38.2 Å². The summed E-state index contributed by atoms with van der Waals surface area (Å²) in [7, 11) is 0. The first-order valence-electron chi connectivity index (χ1n) is 11.0. The number of phenols is 1. The van der Waals surface area contributed by atoms with E-state index in [1.807, 2.05) is 23.1 Å². The summed E-state index contributed by atoms with van der Waals surface area (Å²) in [5.41, 5.74) is 2.01. The maximum atomic E-state index is 12.8. The maximum Gasteiger partial charge on any atom is 0.228 e. The molecular weight excluding hydrogens is 474 g/mol.